The number of halogens is 1. The van der Waals surface area contributed by atoms with E-state index in [-0.39, 0.29) is 0 Å². The van der Waals surface area contributed by atoms with Crippen molar-refractivity contribution in [1.29, 1.82) is 10.5 Å². The van der Waals surface area contributed by atoms with Gasteiger partial charge in [-0.25, -0.2) is 0 Å². The molecule has 1 aromatic rings. The van der Waals surface area contributed by atoms with Crippen molar-refractivity contribution < 1.29 is 0 Å². The minimum absolute atomic E-state index is 0.351. The summed E-state index contributed by atoms with van der Waals surface area (Å²) in [6.07, 6.45) is 3.51. The summed E-state index contributed by atoms with van der Waals surface area (Å²) in [5.41, 5.74) is 3.06. The first-order valence-electron chi connectivity index (χ1n) is 5.11. The Morgan fingerprint density at radius 1 is 1.00 bits per heavy atom. The molecule has 1 aliphatic rings. The number of nitrogens with zero attached hydrogens (tertiary/aromatic N) is 4. The van der Waals surface area contributed by atoms with Crippen LogP contribution in [0.25, 0.3) is 0 Å². The van der Waals surface area contributed by atoms with Crippen LogP contribution in [0.4, 0.5) is 0 Å². The molecule has 0 aromatic heterocycles. The predicted molar refractivity (Wildman–Crippen MR) is 69.3 cm³/mol. The Hall–Kier alpha value is -2.43. The molecular formula is C13H7ClN4. The van der Waals surface area contributed by atoms with E-state index < -0.39 is 0 Å². The van der Waals surface area contributed by atoms with E-state index in [1.807, 2.05) is 18.2 Å². The summed E-state index contributed by atoms with van der Waals surface area (Å²) in [5.74, 6) is 0. The predicted octanol–water partition coefficient (Wildman–Crippen LogP) is 2.75. The van der Waals surface area contributed by atoms with Gasteiger partial charge >= 0.3 is 0 Å². The zero-order valence-corrected chi connectivity index (χ0v) is 10.2. The molecule has 1 aliphatic carbocycles. The Kier molecular flexibility index (Phi) is 3.23. The molecule has 0 fully saturated rings. The molecule has 1 aromatic carbocycles. The van der Waals surface area contributed by atoms with E-state index in [1.165, 1.54) is 0 Å². The molecule has 0 spiro atoms. The number of hydrogen-bond acceptors (Lipinski definition) is 4. The average Bonchev–Trinajstić information content (AvgIpc) is 2.40. The van der Waals surface area contributed by atoms with Crippen LogP contribution in [-0.4, -0.2) is 11.4 Å². The van der Waals surface area contributed by atoms with Gasteiger partial charge in [0.2, 0.25) is 12.4 Å². The quantitative estimate of drug-likeness (QED) is 0.668. The van der Waals surface area contributed by atoms with Gasteiger partial charge in [0.05, 0.1) is 10.7 Å². The molecule has 0 saturated heterocycles. The van der Waals surface area contributed by atoms with E-state index in [9.17, 15) is 0 Å². The standard InChI is InChI=1S/C13H7ClN4/c1-8-11(14)13(18-7-16)10-5-3-2-4-9(10)12(8)17-6-15/h2-5H,1H3. The van der Waals surface area contributed by atoms with Crippen molar-refractivity contribution in [2.45, 2.75) is 6.92 Å². The van der Waals surface area contributed by atoms with Gasteiger partial charge in [0.15, 0.2) is 0 Å². The molecule has 2 rings (SSSR count). The van der Waals surface area contributed by atoms with E-state index in [4.69, 9.17) is 22.1 Å². The third kappa shape index (κ3) is 1.79. The SMILES string of the molecule is CC1=C(Cl)C(=NC#N)c2ccccc2C1=NC#N. The molecule has 0 radical (unpaired) electrons. The van der Waals surface area contributed by atoms with Crippen molar-refractivity contribution in [3.8, 4) is 12.4 Å². The van der Waals surface area contributed by atoms with Crippen molar-refractivity contribution in [3.05, 3.63) is 46.0 Å². The smallest absolute Gasteiger partial charge is 0.173 e. The summed E-state index contributed by atoms with van der Waals surface area (Å²) in [6, 6.07) is 7.28. The second kappa shape index (κ2) is 4.83. The average molecular weight is 255 g/mol. The van der Waals surface area contributed by atoms with Crippen LogP contribution in [0.2, 0.25) is 0 Å². The monoisotopic (exact) mass is 254 g/mol. The molecule has 0 aliphatic heterocycles. The Labute approximate surface area is 109 Å². The summed E-state index contributed by atoms with van der Waals surface area (Å²) in [4.78, 5) is 7.54. The Morgan fingerprint density at radius 3 is 2.06 bits per heavy atom. The number of nitriles is 2. The Bertz CT molecular complexity index is 625. The molecule has 18 heavy (non-hydrogen) atoms. The fourth-order valence-corrected chi connectivity index (χ4v) is 2.08. The maximum absolute atomic E-state index is 8.73. The first kappa shape index (κ1) is 12.0. The van der Waals surface area contributed by atoms with Crippen LogP contribution >= 0.6 is 11.6 Å². The van der Waals surface area contributed by atoms with E-state index in [0.29, 0.717) is 27.6 Å². The highest BCUT2D eigenvalue weighted by Crippen LogP contribution is 2.29. The highest BCUT2D eigenvalue weighted by atomic mass is 35.5. The number of hydrogen-bond donors (Lipinski definition) is 0. The molecule has 0 unspecified atom stereocenters. The van der Waals surface area contributed by atoms with E-state index in [2.05, 4.69) is 9.98 Å². The number of aliphatic imine (C=N–C) groups is 2. The molecule has 0 amide bonds. The van der Waals surface area contributed by atoms with Gasteiger partial charge in [-0.05, 0) is 12.5 Å². The first-order valence-corrected chi connectivity index (χ1v) is 5.49. The van der Waals surface area contributed by atoms with Crippen molar-refractivity contribution in [1.82, 2.24) is 0 Å². The summed E-state index contributed by atoms with van der Waals surface area (Å²) in [7, 11) is 0. The second-order valence-electron chi connectivity index (χ2n) is 3.61. The fourth-order valence-electron chi connectivity index (χ4n) is 1.85. The van der Waals surface area contributed by atoms with Crippen LogP contribution in [0, 0.1) is 22.9 Å². The third-order valence-electron chi connectivity index (χ3n) is 2.65. The Balaban J connectivity index is 2.82. The van der Waals surface area contributed by atoms with Crippen LogP contribution in [0.5, 0.6) is 0 Å². The number of benzene rings is 1. The van der Waals surface area contributed by atoms with Gasteiger partial charge in [-0.2, -0.15) is 20.5 Å². The molecule has 0 saturated carbocycles. The maximum Gasteiger partial charge on any atom is 0.206 e. The van der Waals surface area contributed by atoms with Crippen molar-refractivity contribution >= 4 is 23.0 Å². The molecule has 0 N–H and O–H groups in total. The third-order valence-corrected chi connectivity index (χ3v) is 3.12. The van der Waals surface area contributed by atoms with E-state index in [0.717, 1.165) is 5.56 Å². The van der Waals surface area contributed by atoms with Crippen molar-refractivity contribution in [2.75, 3.05) is 0 Å². The zero-order chi connectivity index (χ0) is 13.1. The van der Waals surface area contributed by atoms with Crippen molar-refractivity contribution in [2.24, 2.45) is 9.98 Å². The number of fused-ring (bicyclic) bond motifs is 1. The molecular weight excluding hydrogens is 248 g/mol. The number of allylic oxidation sites excluding steroid dienone is 2. The Morgan fingerprint density at radius 2 is 1.50 bits per heavy atom. The van der Waals surface area contributed by atoms with Gasteiger partial charge in [0.1, 0.15) is 5.71 Å². The minimum Gasteiger partial charge on any atom is -0.173 e. The normalized spacial score (nSPS) is 18.4. The fraction of sp³-hybridized carbons (Fsp3) is 0.0769. The van der Waals surface area contributed by atoms with Crippen molar-refractivity contribution in [3.63, 3.8) is 0 Å². The summed E-state index contributed by atoms with van der Waals surface area (Å²) >= 11 is 6.18. The van der Waals surface area contributed by atoms with Crippen LogP contribution in [0.3, 0.4) is 0 Å². The van der Waals surface area contributed by atoms with Gasteiger partial charge in [0, 0.05) is 11.1 Å². The second-order valence-corrected chi connectivity index (χ2v) is 3.98. The summed E-state index contributed by atoms with van der Waals surface area (Å²) in [5, 5.41) is 17.8. The highest BCUT2D eigenvalue weighted by Gasteiger charge is 2.25. The first-order chi connectivity index (χ1) is 8.70. The summed E-state index contributed by atoms with van der Waals surface area (Å²) in [6.45, 7) is 1.75. The maximum atomic E-state index is 8.73. The number of rotatable bonds is 0. The van der Waals surface area contributed by atoms with Crippen LogP contribution in [0.15, 0.2) is 44.9 Å². The van der Waals surface area contributed by atoms with E-state index in [1.54, 1.807) is 25.4 Å². The van der Waals surface area contributed by atoms with Gasteiger partial charge < -0.3 is 0 Å². The largest absolute Gasteiger partial charge is 0.206 e. The van der Waals surface area contributed by atoms with Crippen LogP contribution < -0.4 is 0 Å². The summed E-state index contributed by atoms with van der Waals surface area (Å²) < 4.78 is 0. The van der Waals surface area contributed by atoms with Gasteiger partial charge in [0.25, 0.3) is 0 Å². The lowest BCUT2D eigenvalue weighted by molar-refractivity contribution is 1.38. The lowest BCUT2D eigenvalue weighted by atomic mass is 9.89. The molecule has 86 valence electrons. The van der Waals surface area contributed by atoms with Gasteiger partial charge in [-0.3, -0.25) is 0 Å². The minimum atomic E-state index is 0.351. The van der Waals surface area contributed by atoms with Gasteiger partial charge in [-0.15, -0.1) is 0 Å². The van der Waals surface area contributed by atoms with E-state index >= 15 is 0 Å². The topological polar surface area (TPSA) is 72.3 Å². The van der Waals surface area contributed by atoms with Crippen LogP contribution in [-0.2, 0) is 0 Å². The molecule has 0 bridgehead atoms. The highest BCUT2D eigenvalue weighted by molar-refractivity contribution is 6.51. The zero-order valence-electron chi connectivity index (χ0n) is 9.48. The lowest BCUT2D eigenvalue weighted by Crippen LogP contribution is -2.19. The molecule has 0 atom stereocenters. The lowest BCUT2D eigenvalue weighted by Gasteiger charge is -2.19. The molecule has 5 heteroatoms. The van der Waals surface area contributed by atoms with Crippen LogP contribution in [0.1, 0.15) is 18.1 Å². The molecule has 0 heterocycles. The van der Waals surface area contributed by atoms with Gasteiger partial charge in [-0.1, -0.05) is 35.9 Å². The molecule has 4 nitrogen and oxygen atoms in total.